The lowest BCUT2D eigenvalue weighted by atomic mass is 10.0. The predicted octanol–water partition coefficient (Wildman–Crippen LogP) is 3.93. The van der Waals surface area contributed by atoms with Gasteiger partial charge in [-0.3, -0.25) is 0 Å². The molecule has 0 amide bonds. The summed E-state index contributed by atoms with van der Waals surface area (Å²) in [5.74, 6) is -0.432. The molecular weight excluding hydrogens is 263 g/mol. The Labute approximate surface area is 117 Å². The summed E-state index contributed by atoms with van der Waals surface area (Å²) >= 11 is 5.72. The molecule has 0 saturated carbocycles. The van der Waals surface area contributed by atoms with Crippen LogP contribution in [0.5, 0.6) is 0 Å². The highest BCUT2D eigenvalue weighted by molar-refractivity contribution is 6.30. The maximum Gasteiger partial charge on any atom is 0.141 e. The van der Waals surface area contributed by atoms with Crippen molar-refractivity contribution in [2.45, 2.75) is 25.9 Å². The first-order valence-corrected chi connectivity index (χ1v) is 6.60. The van der Waals surface area contributed by atoms with Crippen molar-refractivity contribution < 1.29 is 9.50 Å². The summed E-state index contributed by atoms with van der Waals surface area (Å²) in [6.45, 7) is 2.03. The van der Waals surface area contributed by atoms with E-state index in [2.05, 4.69) is 0 Å². The molecule has 100 valence electrons. The maximum absolute atomic E-state index is 13.0. The first-order chi connectivity index (χ1) is 9.04. The molecule has 2 rings (SSSR count). The molecule has 1 atom stereocenters. The monoisotopic (exact) mass is 278 g/mol. The van der Waals surface area contributed by atoms with Crippen LogP contribution in [0.3, 0.4) is 0 Å². The van der Waals surface area contributed by atoms with Gasteiger partial charge in [-0.05, 0) is 43.0 Å². The van der Waals surface area contributed by atoms with Gasteiger partial charge >= 0.3 is 0 Å². The Hall–Kier alpha value is -1.38. The summed E-state index contributed by atoms with van der Waals surface area (Å²) in [7, 11) is 0. The standard InChI is InChI=1S/C16H16ClFO/c1-11-2-4-12(5-3-11)8-14(19)9-13-6-7-16(18)15(17)10-13/h2-7,10,14,19H,8-9H2,1H3. The molecule has 0 aliphatic rings. The molecule has 0 aliphatic carbocycles. The number of hydrogen-bond donors (Lipinski definition) is 1. The van der Waals surface area contributed by atoms with Gasteiger partial charge in [0.25, 0.3) is 0 Å². The van der Waals surface area contributed by atoms with Crippen LogP contribution in [-0.2, 0) is 12.8 Å². The molecule has 1 nitrogen and oxygen atoms in total. The summed E-state index contributed by atoms with van der Waals surface area (Å²) < 4.78 is 13.0. The van der Waals surface area contributed by atoms with Crippen LogP contribution in [-0.4, -0.2) is 11.2 Å². The van der Waals surface area contributed by atoms with Gasteiger partial charge < -0.3 is 5.11 Å². The van der Waals surface area contributed by atoms with E-state index in [0.717, 1.165) is 11.1 Å². The van der Waals surface area contributed by atoms with Crippen molar-refractivity contribution >= 4 is 11.6 Å². The molecule has 0 saturated heterocycles. The van der Waals surface area contributed by atoms with E-state index in [9.17, 15) is 9.50 Å². The molecule has 0 fully saturated rings. The van der Waals surface area contributed by atoms with Gasteiger partial charge in [-0.1, -0.05) is 47.5 Å². The smallest absolute Gasteiger partial charge is 0.141 e. The van der Waals surface area contributed by atoms with Crippen LogP contribution >= 0.6 is 11.6 Å². The Bertz CT molecular complexity index is 551. The molecule has 19 heavy (non-hydrogen) atoms. The minimum atomic E-state index is -0.496. The van der Waals surface area contributed by atoms with E-state index in [1.807, 2.05) is 31.2 Å². The average molecular weight is 279 g/mol. The molecule has 0 bridgehead atoms. The van der Waals surface area contributed by atoms with Gasteiger partial charge in [-0.25, -0.2) is 4.39 Å². The van der Waals surface area contributed by atoms with Crippen molar-refractivity contribution in [1.29, 1.82) is 0 Å². The maximum atomic E-state index is 13.0. The number of rotatable bonds is 4. The zero-order valence-corrected chi connectivity index (χ0v) is 11.5. The zero-order valence-electron chi connectivity index (χ0n) is 10.7. The summed E-state index contributed by atoms with van der Waals surface area (Å²) in [6, 6.07) is 12.6. The predicted molar refractivity (Wildman–Crippen MR) is 76.0 cm³/mol. The third kappa shape index (κ3) is 4.05. The molecule has 0 heterocycles. The molecule has 2 aromatic carbocycles. The van der Waals surface area contributed by atoms with Gasteiger partial charge in [0.05, 0.1) is 11.1 Å². The lowest BCUT2D eigenvalue weighted by Gasteiger charge is -2.11. The highest BCUT2D eigenvalue weighted by atomic mass is 35.5. The number of benzene rings is 2. The second kappa shape index (κ2) is 6.18. The highest BCUT2D eigenvalue weighted by Gasteiger charge is 2.08. The summed E-state index contributed by atoms with van der Waals surface area (Å²) in [5.41, 5.74) is 3.13. The van der Waals surface area contributed by atoms with Crippen molar-refractivity contribution in [3.05, 3.63) is 70.0 Å². The number of aliphatic hydroxyl groups is 1. The van der Waals surface area contributed by atoms with Crippen LogP contribution in [0.25, 0.3) is 0 Å². The number of hydrogen-bond acceptors (Lipinski definition) is 1. The van der Waals surface area contributed by atoms with Gasteiger partial charge in [0.2, 0.25) is 0 Å². The van der Waals surface area contributed by atoms with Crippen LogP contribution in [0.4, 0.5) is 4.39 Å². The largest absolute Gasteiger partial charge is 0.392 e. The van der Waals surface area contributed by atoms with Crippen LogP contribution in [0.2, 0.25) is 5.02 Å². The van der Waals surface area contributed by atoms with Crippen molar-refractivity contribution in [1.82, 2.24) is 0 Å². The SMILES string of the molecule is Cc1ccc(CC(O)Cc2ccc(F)c(Cl)c2)cc1. The van der Waals surface area contributed by atoms with Crippen molar-refractivity contribution in [2.75, 3.05) is 0 Å². The van der Waals surface area contributed by atoms with Crippen LogP contribution in [0.15, 0.2) is 42.5 Å². The minimum absolute atomic E-state index is 0.0973. The Kier molecular flexibility index (Phi) is 4.56. The molecule has 1 unspecified atom stereocenters. The second-order valence-electron chi connectivity index (χ2n) is 4.80. The lowest BCUT2D eigenvalue weighted by Crippen LogP contribution is -2.14. The summed E-state index contributed by atoms with van der Waals surface area (Å²) in [5, 5.41) is 10.1. The van der Waals surface area contributed by atoms with Gasteiger partial charge in [-0.15, -0.1) is 0 Å². The van der Waals surface area contributed by atoms with Gasteiger partial charge in [0, 0.05) is 0 Å². The first kappa shape index (κ1) is 14.0. The van der Waals surface area contributed by atoms with E-state index < -0.39 is 11.9 Å². The molecule has 2 aromatic rings. The van der Waals surface area contributed by atoms with Gasteiger partial charge in [0.15, 0.2) is 0 Å². The fraction of sp³-hybridized carbons (Fsp3) is 0.250. The second-order valence-corrected chi connectivity index (χ2v) is 5.20. The van der Waals surface area contributed by atoms with Crippen LogP contribution in [0, 0.1) is 12.7 Å². The number of aryl methyl sites for hydroxylation is 1. The molecule has 0 spiro atoms. The Morgan fingerprint density at radius 2 is 1.63 bits per heavy atom. The van der Waals surface area contributed by atoms with E-state index in [-0.39, 0.29) is 5.02 Å². The quantitative estimate of drug-likeness (QED) is 0.898. The number of aliphatic hydroxyl groups excluding tert-OH is 1. The minimum Gasteiger partial charge on any atom is -0.392 e. The van der Waals surface area contributed by atoms with Crippen LogP contribution < -0.4 is 0 Å². The third-order valence-electron chi connectivity index (χ3n) is 3.05. The normalized spacial score (nSPS) is 12.4. The van der Waals surface area contributed by atoms with E-state index in [1.54, 1.807) is 12.1 Å². The van der Waals surface area contributed by atoms with E-state index in [0.29, 0.717) is 12.8 Å². The Balaban J connectivity index is 1.98. The average Bonchev–Trinajstić information content (AvgIpc) is 2.37. The summed E-state index contributed by atoms with van der Waals surface area (Å²) in [4.78, 5) is 0. The van der Waals surface area contributed by atoms with E-state index in [4.69, 9.17) is 11.6 Å². The molecule has 0 radical (unpaired) electrons. The van der Waals surface area contributed by atoms with E-state index >= 15 is 0 Å². The molecule has 0 aliphatic heterocycles. The molecular formula is C16H16ClFO. The first-order valence-electron chi connectivity index (χ1n) is 6.22. The van der Waals surface area contributed by atoms with Crippen molar-refractivity contribution in [3.8, 4) is 0 Å². The van der Waals surface area contributed by atoms with Crippen molar-refractivity contribution in [3.63, 3.8) is 0 Å². The molecule has 1 N–H and O–H groups in total. The lowest BCUT2D eigenvalue weighted by molar-refractivity contribution is 0.175. The topological polar surface area (TPSA) is 20.2 Å². The Morgan fingerprint density at radius 3 is 2.26 bits per heavy atom. The molecule has 3 heteroatoms. The van der Waals surface area contributed by atoms with Crippen LogP contribution in [0.1, 0.15) is 16.7 Å². The van der Waals surface area contributed by atoms with Gasteiger partial charge in [0.1, 0.15) is 5.82 Å². The molecule has 0 aromatic heterocycles. The highest BCUT2D eigenvalue weighted by Crippen LogP contribution is 2.18. The fourth-order valence-electron chi connectivity index (χ4n) is 2.01. The Morgan fingerprint density at radius 1 is 1.05 bits per heavy atom. The number of halogens is 2. The third-order valence-corrected chi connectivity index (χ3v) is 3.34. The summed E-state index contributed by atoms with van der Waals surface area (Å²) in [6.07, 6.45) is 0.549. The fourth-order valence-corrected chi connectivity index (χ4v) is 2.21. The van der Waals surface area contributed by atoms with Crippen molar-refractivity contribution in [2.24, 2.45) is 0 Å². The zero-order chi connectivity index (χ0) is 13.8. The van der Waals surface area contributed by atoms with Gasteiger partial charge in [-0.2, -0.15) is 0 Å². The van der Waals surface area contributed by atoms with E-state index in [1.165, 1.54) is 11.6 Å².